The number of hydrazone groups is 2. The third-order valence-electron chi connectivity index (χ3n) is 7.26. The van der Waals surface area contributed by atoms with E-state index >= 15 is 0 Å². The number of hydrogen-bond acceptors (Lipinski definition) is 6. The van der Waals surface area contributed by atoms with E-state index in [4.69, 9.17) is 0 Å². The molecular formula is C34H32CoN4O4. The molecule has 4 aromatic rings. The summed E-state index contributed by atoms with van der Waals surface area (Å²) >= 11 is 0. The summed E-state index contributed by atoms with van der Waals surface area (Å²) in [6.07, 6.45) is 1.20. The van der Waals surface area contributed by atoms with Crippen molar-refractivity contribution in [3.8, 4) is 11.5 Å². The van der Waals surface area contributed by atoms with Crippen LogP contribution in [0.4, 0.5) is 0 Å². The molecule has 0 aromatic heterocycles. The average molecular weight is 620 g/mol. The Balaban J connectivity index is 0.000000192. The molecule has 2 atom stereocenters. The molecule has 2 unspecified atom stereocenters. The number of nitrogens with zero attached hydrogens (tertiary/aromatic N) is 4. The summed E-state index contributed by atoms with van der Waals surface area (Å²) in [5, 5.41) is 31.8. The van der Waals surface area contributed by atoms with Crippen LogP contribution >= 0.6 is 0 Å². The van der Waals surface area contributed by atoms with Gasteiger partial charge < -0.3 is 10.2 Å². The Bertz CT molecular complexity index is 1520. The Morgan fingerprint density at radius 3 is 1.23 bits per heavy atom. The van der Waals surface area contributed by atoms with Gasteiger partial charge >= 0.3 is 0 Å². The molecule has 2 aliphatic heterocycles. The van der Waals surface area contributed by atoms with Crippen molar-refractivity contribution in [1.82, 2.24) is 10.0 Å². The number of carbonyl (C=O) groups excluding carboxylic acids is 2. The van der Waals surface area contributed by atoms with Gasteiger partial charge in [0.05, 0.1) is 23.5 Å². The number of phenols is 2. The van der Waals surface area contributed by atoms with Crippen molar-refractivity contribution in [2.75, 3.05) is 0 Å². The average Bonchev–Trinajstić information content (AvgIpc) is 3.65. The fourth-order valence-corrected chi connectivity index (χ4v) is 5.23. The van der Waals surface area contributed by atoms with Crippen LogP contribution in [0.1, 0.15) is 61.0 Å². The largest absolute Gasteiger partial charge is 0.507 e. The second kappa shape index (κ2) is 14.0. The first-order valence-corrected chi connectivity index (χ1v) is 13.7. The molecular weight excluding hydrogens is 587 g/mol. The Morgan fingerprint density at radius 2 is 0.907 bits per heavy atom. The summed E-state index contributed by atoms with van der Waals surface area (Å²) in [6, 6.07) is 33.6. The molecule has 2 amide bonds. The van der Waals surface area contributed by atoms with E-state index < -0.39 is 0 Å². The molecule has 0 bridgehead atoms. The molecule has 2 N–H and O–H groups in total. The molecule has 2 aliphatic rings. The molecule has 8 nitrogen and oxygen atoms in total. The van der Waals surface area contributed by atoms with Crippen molar-refractivity contribution >= 4 is 23.2 Å². The summed E-state index contributed by atoms with van der Waals surface area (Å²) in [5.41, 5.74) is 4.92. The van der Waals surface area contributed by atoms with Crippen molar-refractivity contribution in [2.45, 2.75) is 38.8 Å². The molecule has 2 heterocycles. The third kappa shape index (κ3) is 7.02. The van der Waals surface area contributed by atoms with E-state index in [2.05, 4.69) is 10.2 Å². The van der Waals surface area contributed by atoms with Gasteiger partial charge in [-0.2, -0.15) is 10.2 Å². The van der Waals surface area contributed by atoms with Crippen LogP contribution in [-0.4, -0.2) is 43.5 Å². The van der Waals surface area contributed by atoms with Gasteiger partial charge in [-0.3, -0.25) is 9.59 Å². The molecule has 0 spiro atoms. The Morgan fingerprint density at radius 1 is 0.581 bits per heavy atom. The minimum atomic E-state index is -0.113. The van der Waals surface area contributed by atoms with Crippen LogP contribution in [0.5, 0.6) is 11.5 Å². The summed E-state index contributed by atoms with van der Waals surface area (Å²) in [4.78, 5) is 23.7. The maximum Gasteiger partial charge on any atom is 0.240 e. The van der Waals surface area contributed by atoms with E-state index in [1.54, 1.807) is 24.3 Å². The van der Waals surface area contributed by atoms with Gasteiger partial charge in [-0.05, 0) is 35.4 Å². The molecule has 4 aromatic carbocycles. The van der Waals surface area contributed by atoms with E-state index in [1.807, 2.05) is 84.9 Å². The van der Waals surface area contributed by atoms with E-state index in [0.29, 0.717) is 24.0 Å². The van der Waals surface area contributed by atoms with Crippen molar-refractivity contribution in [3.63, 3.8) is 0 Å². The second-order valence-corrected chi connectivity index (χ2v) is 10.1. The normalized spacial score (nSPS) is 17.3. The van der Waals surface area contributed by atoms with Crippen LogP contribution in [0.3, 0.4) is 0 Å². The van der Waals surface area contributed by atoms with Crippen LogP contribution < -0.4 is 0 Å². The second-order valence-electron chi connectivity index (χ2n) is 10.1. The maximum atomic E-state index is 11.8. The Labute approximate surface area is 261 Å². The van der Waals surface area contributed by atoms with E-state index in [9.17, 15) is 19.8 Å². The van der Waals surface area contributed by atoms with Gasteiger partial charge in [0.2, 0.25) is 11.8 Å². The van der Waals surface area contributed by atoms with Crippen LogP contribution in [0.2, 0.25) is 0 Å². The van der Waals surface area contributed by atoms with Gasteiger partial charge in [-0.1, -0.05) is 84.9 Å². The minimum Gasteiger partial charge on any atom is -0.507 e. The molecule has 221 valence electrons. The van der Waals surface area contributed by atoms with Gasteiger partial charge in [-0.25, -0.2) is 10.0 Å². The van der Waals surface area contributed by atoms with Gasteiger partial charge in [0, 0.05) is 54.6 Å². The molecule has 0 saturated carbocycles. The van der Waals surface area contributed by atoms with Gasteiger partial charge in [0.1, 0.15) is 11.5 Å². The molecule has 0 aliphatic carbocycles. The number of para-hydroxylation sites is 2. The summed E-state index contributed by atoms with van der Waals surface area (Å²) in [7, 11) is 0. The fraction of sp³-hybridized carbons (Fsp3) is 0.176. The van der Waals surface area contributed by atoms with Crippen molar-refractivity contribution in [3.05, 3.63) is 131 Å². The number of amides is 2. The third-order valence-corrected chi connectivity index (χ3v) is 7.26. The topological polar surface area (TPSA) is 106 Å². The maximum absolute atomic E-state index is 11.8. The van der Waals surface area contributed by atoms with Crippen LogP contribution in [0.25, 0.3) is 0 Å². The van der Waals surface area contributed by atoms with Gasteiger partial charge in [0.15, 0.2) is 0 Å². The zero-order chi connectivity index (χ0) is 29.6. The summed E-state index contributed by atoms with van der Waals surface area (Å²) < 4.78 is 0. The van der Waals surface area contributed by atoms with Gasteiger partial charge in [-0.15, -0.1) is 0 Å². The summed E-state index contributed by atoms with van der Waals surface area (Å²) in [6.45, 7) is 3.01. The fourth-order valence-electron chi connectivity index (χ4n) is 5.23. The number of carbonyl (C=O) groups is 2. The number of aromatic hydroxyl groups is 2. The molecule has 9 heteroatoms. The van der Waals surface area contributed by atoms with Crippen molar-refractivity contribution < 1.29 is 36.6 Å². The number of phenolic OH excluding ortho intramolecular Hbond substituents is 2. The van der Waals surface area contributed by atoms with Crippen molar-refractivity contribution in [2.24, 2.45) is 10.2 Å². The van der Waals surface area contributed by atoms with Crippen LogP contribution in [-0.2, 0) is 26.4 Å². The van der Waals surface area contributed by atoms with E-state index in [0.717, 1.165) is 22.6 Å². The smallest absolute Gasteiger partial charge is 0.240 e. The standard InChI is InChI=1S/2C17H16N2O2.Co/c2*1-12(20)19-16(13-7-3-2-4-8-13)11-15(18-19)14-9-5-6-10-17(14)21;/h2*2-10,16,21H,11H2,1H3;. The number of benzene rings is 4. The quantitative estimate of drug-likeness (QED) is 0.285. The van der Waals surface area contributed by atoms with Crippen molar-refractivity contribution in [1.29, 1.82) is 0 Å². The first-order chi connectivity index (χ1) is 20.3. The zero-order valence-electron chi connectivity index (χ0n) is 23.8. The Hall–Kier alpha value is -4.73. The first-order valence-electron chi connectivity index (χ1n) is 13.7. The predicted octanol–water partition coefficient (Wildman–Crippen LogP) is 6.18. The molecule has 43 heavy (non-hydrogen) atoms. The molecule has 1 radical (unpaired) electrons. The van der Waals surface area contributed by atoms with E-state index in [1.165, 1.54) is 23.9 Å². The molecule has 6 rings (SSSR count). The first kappa shape index (κ1) is 31.2. The predicted molar refractivity (Wildman–Crippen MR) is 162 cm³/mol. The number of hydrogen-bond donors (Lipinski definition) is 2. The monoisotopic (exact) mass is 619 g/mol. The number of rotatable bonds is 4. The zero-order valence-corrected chi connectivity index (χ0v) is 24.8. The van der Waals surface area contributed by atoms with E-state index in [-0.39, 0.29) is 52.2 Å². The van der Waals surface area contributed by atoms with Crippen LogP contribution in [0.15, 0.2) is 119 Å². The Kier molecular flexibility index (Phi) is 10.1. The minimum absolute atomic E-state index is 0. The summed E-state index contributed by atoms with van der Waals surface area (Å²) in [5.74, 6) is 0.172. The van der Waals surface area contributed by atoms with Gasteiger partial charge in [0.25, 0.3) is 0 Å². The van der Waals surface area contributed by atoms with Crippen LogP contribution in [0, 0.1) is 0 Å². The molecule has 0 fully saturated rings. The molecule has 0 saturated heterocycles. The SMILES string of the molecule is CC(=O)N1N=C(c2ccccc2O)CC1c1ccccc1.CC(=O)N1N=C(c2ccccc2O)CC1c1ccccc1.[Co].